The summed E-state index contributed by atoms with van der Waals surface area (Å²) in [7, 11) is -4.13. The second-order valence-corrected chi connectivity index (χ2v) is 10.1. The molecular weight excluding hydrogens is 472 g/mol. The number of β-lactam (4-membered cyclic amide) rings is 1. The summed E-state index contributed by atoms with van der Waals surface area (Å²) in [6.45, 7) is 0.455. The number of hydrogen-bond donors (Lipinski definition) is 5. The maximum Gasteiger partial charge on any atom is 0.328 e. The molecule has 0 unspecified atom stereocenters. The SMILES string of the molecule is C[C@]1(/C=N/NC(=O)CNC(=O)c2ccc(O)c(O)c2Cl)[C@H](C(=O)O)N2C(=O)C[C@H]2S1(=O)=O. The third kappa shape index (κ3) is 3.50. The van der Waals surface area contributed by atoms with Crippen LogP contribution in [0.5, 0.6) is 11.5 Å². The number of carbonyl (C=O) groups excluding carboxylic acids is 3. The van der Waals surface area contributed by atoms with Crippen LogP contribution in [0.4, 0.5) is 0 Å². The zero-order chi connectivity index (χ0) is 24.0. The quantitative estimate of drug-likeness (QED) is 0.141. The minimum absolute atomic E-state index is 0.221. The molecule has 32 heavy (non-hydrogen) atoms. The molecule has 0 radical (unpaired) electrons. The lowest BCUT2D eigenvalue weighted by atomic mass is 9.97. The van der Waals surface area contributed by atoms with Crippen LogP contribution in [0.3, 0.4) is 0 Å². The molecule has 0 bridgehead atoms. The molecule has 5 N–H and O–H groups in total. The average molecular weight is 489 g/mol. The lowest BCUT2D eigenvalue weighted by molar-refractivity contribution is -0.156. The fourth-order valence-electron chi connectivity index (χ4n) is 3.46. The maximum atomic E-state index is 12.7. The van der Waals surface area contributed by atoms with Crippen LogP contribution < -0.4 is 10.7 Å². The lowest BCUT2D eigenvalue weighted by Crippen LogP contribution is -2.57. The fourth-order valence-corrected chi connectivity index (χ4v) is 5.92. The van der Waals surface area contributed by atoms with Crippen molar-refractivity contribution in [2.45, 2.75) is 29.5 Å². The van der Waals surface area contributed by atoms with E-state index >= 15 is 0 Å². The third-order valence-electron chi connectivity index (χ3n) is 5.23. The number of aromatic hydroxyl groups is 2. The largest absolute Gasteiger partial charge is 0.504 e. The molecule has 1 aromatic carbocycles. The van der Waals surface area contributed by atoms with Gasteiger partial charge in [0.15, 0.2) is 27.4 Å². The van der Waals surface area contributed by atoms with Crippen molar-refractivity contribution in [1.29, 1.82) is 0 Å². The molecule has 13 nitrogen and oxygen atoms in total. The minimum atomic E-state index is -4.13. The van der Waals surface area contributed by atoms with Gasteiger partial charge in [0, 0.05) is 6.21 Å². The van der Waals surface area contributed by atoms with Crippen LogP contribution in [-0.4, -0.2) is 81.3 Å². The smallest absolute Gasteiger partial charge is 0.328 e. The minimum Gasteiger partial charge on any atom is -0.504 e. The number of rotatable bonds is 6. The Balaban J connectivity index is 1.66. The van der Waals surface area contributed by atoms with E-state index in [2.05, 4.69) is 10.4 Å². The van der Waals surface area contributed by atoms with Gasteiger partial charge >= 0.3 is 5.97 Å². The number of nitrogens with one attached hydrogen (secondary N) is 2. The highest BCUT2D eigenvalue weighted by molar-refractivity contribution is 7.94. The summed E-state index contributed by atoms with van der Waals surface area (Å²) in [6, 6.07) is 0.435. The van der Waals surface area contributed by atoms with Gasteiger partial charge in [-0.1, -0.05) is 11.6 Å². The second-order valence-electron chi connectivity index (χ2n) is 7.20. The van der Waals surface area contributed by atoms with Gasteiger partial charge in [-0.3, -0.25) is 14.4 Å². The predicted molar refractivity (Wildman–Crippen MR) is 108 cm³/mol. The van der Waals surface area contributed by atoms with Gasteiger partial charge in [-0.05, 0) is 19.1 Å². The molecule has 0 spiro atoms. The van der Waals surface area contributed by atoms with Crippen LogP contribution in [-0.2, 0) is 24.2 Å². The first-order valence-corrected chi connectivity index (χ1v) is 10.8. The molecule has 2 aliphatic rings. The summed E-state index contributed by atoms with van der Waals surface area (Å²) in [5, 5.41) is 32.3. The van der Waals surface area contributed by atoms with E-state index < -0.39 is 72.8 Å². The summed E-state index contributed by atoms with van der Waals surface area (Å²) < 4.78 is 23.3. The van der Waals surface area contributed by atoms with E-state index in [-0.39, 0.29) is 12.0 Å². The van der Waals surface area contributed by atoms with Gasteiger partial charge < -0.3 is 25.5 Å². The molecule has 3 amide bonds. The number of phenolic OH excluding ortho intramolecular Hbond substituents is 2. The number of fused-ring (bicyclic) bond motifs is 1. The Morgan fingerprint density at radius 3 is 2.59 bits per heavy atom. The number of phenols is 2. The van der Waals surface area contributed by atoms with Crippen LogP contribution in [0.1, 0.15) is 23.7 Å². The normalized spacial score (nSPS) is 25.8. The Kier molecular flexibility index (Phi) is 5.78. The molecule has 3 rings (SSSR count). The van der Waals surface area contributed by atoms with Crippen LogP contribution in [0.2, 0.25) is 5.02 Å². The second kappa shape index (κ2) is 7.94. The number of benzene rings is 1. The Bertz CT molecular complexity index is 1170. The van der Waals surface area contributed by atoms with Crippen molar-refractivity contribution in [3.05, 3.63) is 22.7 Å². The number of nitrogens with zero attached hydrogens (tertiary/aromatic N) is 2. The van der Waals surface area contributed by atoms with Gasteiger partial charge in [0.25, 0.3) is 11.8 Å². The molecule has 172 valence electrons. The van der Waals surface area contributed by atoms with Crippen molar-refractivity contribution >= 4 is 51.3 Å². The Morgan fingerprint density at radius 1 is 1.34 bits per heavy atom. The monoisotopic (exact) mass is 488 g/mol. The molecule has 2 aliphatic heterocycles. The van der Waals surface area contributed by atoms with Crippen molar-refractivity contribution in [2.24, 2.45) is 5.10 Å². The van der Waals surface area contributed by atoms with E-state index in [0.29, 0.717) is 0 Å². The molecular formula is C17H17ClN4O9S. The highest BCUT2D eigenvalue weighted by Crippen LogP contribution is 2.45. The molecule has 15 heteroatoms. The topological polar surface area (TPSA) is 203 Å². The van der Waals surface area contributed by atoms with Crippen LogP contribution >= 0.6 is 11.6 Å². The number of carboxylic acid groups (broad SMARTS) is 1. The number of halogens is 1. The first-order chi connectivity index (χ1) is 14.8. The van der Waals surface area contributed by atoms with Crippen LogP contribution in [0.15, 0.2) is 17.2 Å². The average Bonchev–Trinajstić information content (AvgIpc) is 2.85. The predicted octanol–water partition coefficient (Wildman–Crippen LogP) is -1.22. The lowest BCUT2D eigenvalue weighted by Gasteiger charge is -2.35. The maximum absolute atomic E-state index is 12.7. The Morgan fingerprint density at radius 2 is 2.00 bits per heavy atom. The highest BCUT2D eigenvalue weighted by atomic mass is 35.5. The van der Waals surface area contributed by atoms with Crippen molar-refractivity contribution in [3.8, 4) is 11.5 Å². The van der Waals surface area contributed by atoms with E-state index in [9.17, 15) is 42.9 Å². The molecule has 0 aromatic heterocycles. The van der Waals surface area contributed by atoms with E-state index in [1.165, 1.54) is 0 Å². The van der Waals surface area contributed by atoms with Crippen molar-refractivity contribution in [2.75, 3.05) is 6.54 Å². The number of carbonyl (C=O) groups is 4. The first kappa shape index (κ1) is 23.3. The molecule has 1 aromatic rings. The van der Waals surface area contributed by atoms with E-state index in [0.717, 1.165) is 30.2 Å². The van der Waals surface area contributed by atoms with Gasteiger partial charge in [-0.15, -0.1) is 0 Å². The molecule has 2 saturated heterocycles. The highest BCUT2D eigenvalue weighted by Gasteiger charge is 2.69. The summed E-state index contributed by atoms with van der Waals surface area (Å²) in [5.41, 5.74) is 1.75. The number of sulfone groups is 1. The Labute approximate surface area is 185 Å². The molecule has 0 aliphatic carbocycles. The zero-order valence-corrected chi connectivity index (χ0v) is 17.8. The van der Waals surface area contributed by atoms with Gasteiger partial charge in [0.05, 0.1) is 23.6 Å². The number of carboxylic acids is 1. The number of aliphatic carboxylic acids is 1. The van der Waals surface area contributed by atoms with Gasteiger partial charge in [0.2, 0.25) is 5.91 Å². The summed E-state index contributed by atoms with van der Waals surface area (Å²) in [6.07, 6.45) is 0.407. The summed E-state index contributed by atoms with van der Waals surface area (Å²) in [5.74, 6) is -5.15. The van der Waals surface area contributed by atoms with Gasteiger partial charge in [-0.2, -0.15) is 5.10 Å². The molecule has 2 heterocycles. The Hall–Kier alpha value is -3.39. The summed E-state index contributed by atoms with van der Waals surface area (Å²) >= 11 is 5.76. The zero-order valence-electron chi connectivity index (χ0n) is 16.3. The van der Waals surface area contributed by atoms with Crippen molar-refractivity contribution in [1.82, 2.24) is 15.6 Å². The van der Waals surface area contributed by atoms with Gasteiger partial charge in [-0.25, -0.2) is 18.6 Å². The molecule has 2 fully saturated rings. The van der Waals surface area contributed by atoms with E-state index in [1.54, 1.807) is 0 Å². The van der Waals surface area contributed by atoms with Crippen molar-refractivity contribution in [3.63, 3.8) is 0 Å². The fraction of sp³-hybridized carbons (Fsp3) is 0.353. The summed E-state index contributed by atoms with van der Waals surface area (Å²) in [4.78, 5) is 48.1. The molecule has 0 saturated carbocycles. The third-order valence-corrected chi connectivity index (χ3v) is 8.28. The number of hydrazone groups is 1. The number of hydrogen-bond acceptors (Lipinski definition) is 9. The first-order valence-electron chi connectivity index (χ1n) is 8.92. The van der Waals surface area contributed by atoms with Crippen LogP contribution in [0, 0.1) is 0 Å². The molecule has 3 atom stereocenters. The van der Waals surface area contributed by atoms with Crippen LogP contribution in [0.25, 0.3) is 0 Å². The van der Waals surface area contributed by atoms with E-state index in [4.69, 9.17) is 11.6 Å². The number of amides is 3. The van der Waals surface area contributed by atoms with E-state index in [1.807, 2.05) is 5.43 Å². The van der Waals surface area contributed by atoms with Gasteiger partial charge in [0.1, 0.15) is 10.1 Å². The van der Waals surface area contributed by atoms with Crippen molar-refractivity contribution < 1.29 is 42.9 Å². The standard InChI is InChI=1S/C17H17ClN4O9S/c1-17(14(16(28)29)22-10(25)4-11(22)32(17,30)31)6-20-21-9(24)5-19-15(27)7-2-3-8(23)13(26)12(7)18/h2-3,6,11,14,23,26H,4-5H2,1H3,(H,19,27)(H,21,24)(H,28,29)/b20-6+/t11-,14+,17+/m1/s1.